The first kappa shape index (κ1) is 13.6. The number of aliphatic hydroxyl groups excluding tert-OH is 1. The Hall–Kier alpha value is -1.80. The topological polar surface area (TPSA) is 32.3 Å². The van der Waals surface area contributed by atoms with E-state index in [1.54, 1.807) is 6.92 Å². The SMILES string of the molecule is Cc1ccc(CNc2ccccc2C(C)O)c(C)c1. The summed E-state index contributed by atoms with van der Waals surface area (Å²) in [5, 5.41) is 13.2. The lowest BCUT2D eigenvalue weighted by atomic mass is 10.0. The molecule has 19 heavy (non-hydrogen) atoms. The number of benzene rings is 2. The number of rotatable bonds is 4. The molecule has 2 heteroatoms. The molecule has 100 valence electrons. The summed E-state index contributed by atoms with van der Waals surface area (Å²) in [4.78, 5) is 0. The Bertz CT molecular complexity index is 561. The average Bonchev–Trinajstić information content (AvgIpc) is 2.38. The van der Waals surface area contributed by atoms with Crippen molar-refractivity contribution in [3.8, 4) is 0 Å². The van der Waals surface area contributed by atoms with Gasteiger partial charge in [0, 0.05) is 17.8 Å². The lowest BCUT2D eigenvalue weighted by Gasteiger charge is -2.15. The van der Waals surface area contributed by atoms with E-state index in [0.717, 1.165) is 17.8 Å². The lowest BCUT2D eigenvalue weighted by Crippen LogP contribution is -2.05. The zero-order valence-corrected chi connectivity index (χ0v) is 11.8. The minimum absolute atomic E-state index is 0.456. The molecule has 1 atom stereocenters. The number of para-hydroxylation sites is 1. The zero-order chi connectivity index (χ0) is 13.8. The van der Waals surface area contributed by atoms with E-state index in [1.165, 1.54) is 16.7 Å². The van der Waals surface area contributed by atoms with Crippen molar-refractivity contribution in [1.29, 1.82) is 0 Å². The largest absolute Gasteiger partial charge is 0.389 e. The highest BCUT2D eigenvalue weighted by atomic mass is 16.3. The van der Waals surface area contributed by atoms with Gasteiger partial charge in [-0.15, -0.1) is 0 Å². The second-order valence-corrected chi connectivity index (χ2v) is 5.05. The molecule has 2 nitrogen and oxygen atoms in total. The van der Waals surface area contributed by atoms with E-state index in [4.69, 9.17) is 0 Å². The zero-order valence-electron chi connectivity index (χ0n) is 11.8. The monoisotopic (exact) mass is 255 g/mol. The third kappa shape index (κ3) is 3.36. The normalized spacial score (nSPS) is 12.2. The fraction of sp³-hybridized carbons (Fsp3) is 0.294. The van der Waals surface area contributed by atoms with Gasteiger partial charge in [0.2, 0.25) is 0 Å². The molecule has 1 unspecified atom stereocenters. The molecule has 0 saturated carbocycles. The van der Waals surface area contributed by atoms with Gasteiger partial charge in [0.25, 0.3) is 0 Å². The molecule has 0 aliphatic heterocycles. The maximum atomic E-state index is 9.75. The van der Waals surface area contributed by atoms with Crippen molar-refractivity contribution in [3.05, 3.63) is 64.7 Å². The molecule has 2 N–H and O–H groups in total. The van der Waals surface area contributed by atoms with Crippen molar-refractivity contribution in [1.82, 2.24) is 0 Å². The van der Waals surface area contributed by atoms with Crippen molar-refractivity contribution in [3.63, 3.8) is 0 Å². The van der Waals surface area contributed by atoms with Gasteiger partial charge in [0.05, 0.1) is 6.10 Å². The minimum atomic E-state index is -0.456. The maximum absolute atomic E-state index is 9.75. The van der Waals surface area contributed by atoms with Crippen LogP contribution in [-0.4, -0.2) is 5.11 Å². The van der Waals surface area contributed by atoms with Crippen LogP contribution in [0.3, 0.4) is 0 Å². The van der Waals surface area contributed by atoms with E-state index < -0.39 is 6.10 Å². The summed E-state index contributed by atoms with van der Waals surface area (Å²) in [6.45, 7) is 6.80. The van der Waals surface area contributed by atoms with E-state index in [-0.39, 0.29) is 0 Å². The van der Waals surface area contributed by atoms with Crippen LogP contribution in [0.2, 0.25) is 0 Å². The van der Waals surface area contributed by atoms with Crippen LogP contribution in [0.4, 0.5) is 5.69 Å². The predicted octanol–water partition coefficient (Wildman–Crippen LogP) is 3.97. The van der Waals surface area contributed by atoms with E-state index in [0.29, 0.717) is 0 Å². The molecule has 0 radical (unpaired) electrons. The van der Waals surface area contributed by atoms with Gasteiger partial charge < -0.3 is 10.4 Å². The van der Waals surface area contributed by atoms with Crippen molar-refractivity contribution in [2.24, 2.45) is 0 Å². The number of hydrogen-bond acceptors (Lipinski definition) is 2. The van der Waals surface area contributed by atoms with Crippen molar-refractivity contribution in [2.75, 3.05) is 5.32 Å². The first-order chi connectivity index (χ1) is 9.08. The molecule has 0 fully saturated rings. The van der Waals surface area contributed by atoms with E-state index in [2.05, 4.69) is 37.4 Å². The molecule has 0 bridgehead atoms. The maximum Gasteiger partial charge on any atom is 0.0781 e. The van der Waals surface area contributed by atoms with Crippen LogP contribution in [0.25, 0.3) is 0 Å². The molecule has 2 aromatic carbocycles. The highest BCUT2D eigenvalue weighted by molar-refractivity contribution is 5.52. The highest BCUT2D eigenvalue weighted by Gasteiger charge is 2.07. The second-order valence-electron chi connectivity index (χ2n) is 5.05. The fourth-order valence-electron chi connectivity index (χ4n) is 2.26. The molecule has 0 spiro atoms. The Kier molecular flexibility index (Phi) is 4.23. The quantitative estimate of drug-likeness (QED) is 0.866. The molecular weight excluding hydrogens is 234 g/mol. The summed E-state index contributed by atoms with van der Waals surface area (Å²) in [6, 6.07) is 14.4. The summed E-state index contributed by atoms with van der Waals surface area (Å²) in [5.41, 5.74) is 5.79. The Morgan fingerprint density at radius 1 is 1.11 bits per heavy atom. The Balaban J connectivity index is 2.14. The first-order valence-electron chi connectivity index (χ1n) is 6.65. The van der Waals surface area contributed by atoms with Crippen LogP contribution in [0.5, 0.6) is 0 Å². The van der Waals surface area contributed by atoms with Crippen molar-refractivity contribution >= 4 is 5.69 Å². The van der Waals surface area contributed by atoms with Crippen molar-refractivity contribution < 1.29 is 5.11 Å². The fourth-order valence-corrected chi connectivity index (χ4v) is 2.26. The smallest absolute Gasteiger partial charge is 0.0781 e. The van der Waals surface area contributed by atoms with Gasteiger partial charge >= 0.3 is 0 Å². The predicted molar refractivity (Wildman–Crippen MR) is 80.3 cm³/mol. The Morgan fingerprint density at radius 3 is 2.53 bits per heavy atom. The van der Waals surface area contributed by atoms with Crippen LogP contribution in [0.15, 0.2) is 42.5 Å². The van der Waals surface area contributed by atoms with Gasteiger partial charge in [-0.2, -0.15) is 0 Å². The van der Waals surface area contributed by atoms with Crippen LogP contribution in [-0.2, 0) is 6.54 Å². The van der Waals surface area contributed by atoms with E-state index in [9.17, 15) is 5.11 Å². The summed E-state index contributed by atoms with van der Waals surface area (Å²) >= 11 is 0. The number of aliphatic hydroxyl groups is 1. The van der Waals surface area contributed by atoms with Crippen LogP contribution in [0, 0.1) is 13.8 Å². The molecule has 2 rings (SSSR count). The van der Waals surface area contributed by atoms with Crippen LogP contribution in [0.1, 0.15) is 35.3 Å². The molecule has 0 aromatic heterocycles. The molecule has 0 heterocycles. The number of aryl methyl sites for hydroxylation is 2. The van der Waals surface area contributed by atoms with Gasteiger partial charge in [-0.3, -0.25) is 0 Å². The lowest BCUT2D eigenvalue weighted by molar-refractivity contribution is 0.200. The van der Waals surface area contributed by atoms with Gasteiger partial charge in [0.1, 0.15) is 0 Å². The third-order valence-corrected chi connectivity index (χ3v) is 3.38. The van der Waals surface area contributed by atoms with Crippen molar-refractivity contribution in [2.45, 2.75) is 33.4 Å². The standard InChI is InChI=1S/C17H21NO/c1-12-8-9-15(13(2)10-12)11-18-17-7-5-4-6-16(17)14(3)19/h4-10,14,18-19H,11H2,1-3H3. The Morgan fingerprint density at radius 2 is 1.84 bits per heavy atom. The van der Waals surface area contributed by atoms with E-state index >= 15 is 0 Å². The van der Waals surface area contributed by atoms with Gasteiger partial charge in [0.15, 0.2) is 0 Å². The summed E-state index contributed by atoms with van der Waals surface area (Å²) < 4.78 is 0. The molecule has 0 amide bonds. The Labute approximate surface area is 115 Å². The third-order valence-electron chi connectivity index (χ3n) is 3.38. The average molecular weight is 255 g/mol. The minimum Gasteiger partial charge on any atom is -0.389 e. The second kappa shape index (κ2) is 5.89. The number of hydrogen-bond donors (Lipinski definition) is 2. The molecule has 2 aromatic rings. The molecule has 0 aliphatic carbocycles. The van der Waals surface area contributed by atoms with Crippen LogP contribution < -0.4 is 5.32 Å². The molecular formula is C17H21NO. The van der Waals surface area contributed by atoms with Gasteiger partial charge in [-0.25, -0.2) is 0 Å². The van der Waals surface area contributed by atoms with E-state index in [1.807, 2.05) is 24.3 Å². The van der Waals surface area contributed by atoms with Gasteiger partial charge in [-0.1, -0.05) is 42.0 Å². The summed E-state index contributed by atoms with van der Waals surface area (Å²) in [7, 11) is 0. The van der Waals surface area contributed by atoms with Gasteiger partial charge in [-0.05, 0) is 38.0 Å². The highest BCUT2D eigenvalue weighted by Crippen LogP contribution is 2.23. The summed E-state index contributed by atoms with van der Waals surface area (Å²) in [6.07, 6.45) is -0.456. The summed E-state index contributed by atoms with van der Waals surface area (Å²) in [5.74, 6) is 0. The first-order valence-corrected chi connectivity index (χ1v) is 6.65. The molecule has 0 aliphatic rings. The number of nitrogens with one attached hydrogen (secondary N) is 1. The van der Waals surface area contributed by atoms with Crippen LogP contribution >= 0.6 is 0 Å². The molecule has 0 saturated heterocycles. The number of anilines is 1.